The molecule has 0 atom stereocenters. The Morgan fingerprint density at radius 2 is 2.00 bits per heavy atom. The van der Waals surface area contributed by atoms with E-state index >= 15 is 0 Å². The summed E-state index contributed by atoms with van der Waals surface area (Å²) >= 11 is 6.21. The summed E-state index contributed by atoms with van der Waals surface area (Å²) in [5, 5.41) is 4.08. The van der Waals surface area contributed by atoms with Crippen molar-refractivity contribution < 1.29 is 0 Å². The van der Waals surface area contributed by atoms with Gasteiger partial charge in [0.15, 0.2) is 0 Å². The fourth-order valence-electron chi connectivity index (χ4n) is 1.71. The minimum atomic E-state index is 0.0922. The zero-order valence-corrected chi connectivity index (χ0v) is 13.5. The van der Waals surface area contributed by atoms with Gasteiger partial charge in [0.2, 0.25) is 0 Å². The molecular formula is C15H26ClN3. The first kappa shape index (κ1) is 16.3. The zero-order valence-electron chi connectivity index (χ0n) is 12.8. The molecule has 1 heterocycles. The molecule has 1 aromatic heterocycles. The number of hydrogen-bond acceptors (Lipinski definition) is 3. The van der Waals surface area contributed by atoms with E-state index in [1.54, 1.807) is 0 Å². The first-order valence-electron chi connectivity index (χ1n) is 7.02. The molecule has 0 aromatic carbocycles. The molecule has 3 nitrogen and oxygen atoms in total. The number of halogens is 1. The Bertz CT molecular complexity index is 404. The van der Waals surface area contributed by atoms with Gasteiger partial charge in [0, 0.05) is 19.1 Å². The maximum absolute atomic E-state index is 6.21. The fraction of sp³-hybridized carbons (Fsp3) is 0.667. The number of rotatable bonds is 7. The Balaban J connectivity index is 2.89. The molecule has 0 aliphatic rings. The van der Waals surface area contributed by atoms with Crippen molar-refractivity contribution in [2.75, 3.05) is 18.5 Å². The molecule has 0 saturated heterocycles. The smallest absolute Gasteiger partial charge is 0.129 e. The van der Waals surface area contributed by atoms with Crippen molar-refractivity contribution in [3.63, 3.8) is 0 Å². The summed E-state index contributed by atoms with van der Waals surface area (Å²) in [6.45, 7) is 10.5. The first-order chi connectivity index (χ1) is 8.92. The van der Waals surface area contributed by atoms with Gasteiger partial charge in [-0.2, -0.15) is 0 Å². The van der Waals surface area contributed by atoms with E-state index in [9.17, 15) is 0 Å². The van der Waals surface area contributed by atoms with Gasteiger partial charge in [-0.25, -0.2) is 4.98 Å². The van der Waals surface area contributed by atoms with Crippen LogP contribution in [0.4, 0.5) is 5.82 Å². The molecule has 1 aromatic rings. The SMILES string of the molecule is CCCNCc1nc(N(C)C(C)(C)CC)ccc1Cl. The molecule has 0 amide bonds. The predicted octanol–water partition coefficient (Wildman–Crippen LogP) is 3.86. The summed E-state index contributed by atoms with van der Waals surface area (Å²) < 4.78 is 0. The van der Waals surface area contributed by atoms with Crippen molar-refractivity contribution in [3.05, 3.63) is 22.8 Å². The molecule has 0 aliphatic heterocycles. The van der Waals surface area contributed by atoms with Gasteiger partial charge in [0.1, 0.15) is 5.82 Å². The van der Waals surface area contributed by atoms with Crippen LogP contribution in [0.15, 0.2) is 12.1 Å². The Hall–Kier alpha value is -0.800. The average molecular weight is 284 g/mol. The van der Waals surface area contributed by atoms with Crippen LogP contribution in [0.3, 0.4) is 0 Å². The average Bonchev–Trinajstić information content (AvgIpc) is 2.40. The van der Waals surface area contributed by atoms with Gasteiger partial charge in [0.25, 0.3) is 0 Å². The number of hydrogen-bond donors (Lipinski definition) is 1. The number of aromatic nitrogens is 1. The molecule has 0 aliphatic carbocycles. The summed E-state index contributed by atoms with van der Waals surface area (Å²) in [6.07, 6.45) is 2.18. The zero-order chi connectivity index (χ0) is 14.5. The van der Waals surface area contributed by atoms with Gasteiger partial charge < -0.3 is 10.2 Å². The molecule has 19 heavy (non-hydrogen) atoms. The minimum Gasteiger partial charge on any atom is -0.355 e. The van der Waals surface area contributed by atoms with Gasteiger partial charge >= 0.3 is 0 Å². The van der Waals surface area contributed by atoms with Crippen molar-refractivity contribution >= 4 is 17.4 Å². The van der Waals surface area contributed by atoms with Crippen LogP contribution in [0, 0.1) is 0 Å². The molecule has 0 unspecified atom stereocenters. The normalized spacial score (nSPS) is 11.7. The largest absolute Gasteiger partial charge is 0.355 e. The van der Waals surface area contributed by atoms with Crippen LogP contribution < -0.4 is 10.2 Å². The second-order valence-corrected chi connectivity index (χ2v) is 5.91. The first-order valence-corrected chi connectivity index (χ1v) is 7.40. The van der Waals surface area contributed by atoms with E-state index in [1.807, 2.05) is 12.1 Å². The van der Waals surface area contributed by atoms with E-state index in [0.717, 1.165) is 42.5 Å². The minimum absolute atomic E-state index is 0.0922. The van der Waals surface area contributed by atoms with Gasteiger partial charge in [-0.1, -0.05) is 25.4 Å². The number of pyridine rings is 1. The fourth-order valence-corrected chi connectivity index (χ4v) is 1.89. The lowest BCUT2D eigenvalue weighted by molar-refractivity contribution is 0.466. The summed E-state index contributed by atoms with van der Waals surface area (Å²) in [5.74, 6) is 0.976. The second-order valence-electron chi connectivity index (χ2n) is 5.50. The molecule has 0 bridgehead atoms. The third-order valence-corrected chi connectivity index (χ3v) is 4.08. The highest BCUT2D eigenvalue weighted by Crippen LogP contribution is 2.25. The Kier molecular flexibility index (Phi) is 6.08. The van der Waals surface area contributed by atoms with E-state index in [1.165, 1.54) is 0 Å². The third-order valence-electron chi connectivity index (χ3n) is 3.74. The maximum atomic E-state index is 6.21. The Morgan fingerprint density at radius 1 is 1.32 bits per heavy atom. The van der Waals surface area contributed by atoms with Crippen molar-refractivity contribution in [1.29, 1.82) is 0 Å². The van der Waals surface area contributed by atoms with Crippen molar-refractivity contribution in [2.45, 2.75) is 52.6 Å². The lowest BCUT2D eigenvalue weighted by Crippen LogP contribution is -2.41. The lowest BCUT2D eigenvalue weighted by Gasteiger charge is -2.36. The Morgan fingerprint density at radius 3 is 2.58 bits per heavy atom. The van der Waals surface area contributed by atoms with Gasteiger partial charge in [-0.05, 0) is 45.4 Å². The van der Waals surface area contributed by atoms with E-state index in [2.05, 4.69) is 49.9 Å². The highest BCUT2D eigenvalue weighted by molar-refractivity contribution is 6.31. The highest BCUT2D eigenvalue weighted by Gasteiger charge is 2.22. The van der Waals surface area contributed by atoms with Crippen LogP contribution in [0.2, 0.25) is 5.02 Å². The molecule has 0 radical (unpaired) electrons. The van der Waals surface area contributed by atoms with E-state index in [-0.39, 0.29) is 5.54 Å². The topological polar surface area (TPSA) is 28.2 Å². The molecule has 0 spiro atoms. The summed E-state index contributed by atoms with van der Waals surface area (Å²) in [7, 11) is 2.09. The van der Waals surface area contributed by atoms with Crippen LogP contribution in [0.25, 0.3) is 0 Å². The summed E-state index contributed by atoms with van der Waals surface area (Å²) in [6, 6.07) is 3.93. The monoisotopic (exact) mass is 283 g/mol. The van der Waals surface area contributed by atoms with Crippen LogP contribution >= 0.6 is 11.6 Å². The summed E-state index contributed by atoms with van der Waals surface area (Å²) in [4.78, 5) is 6.90. The third kappa shape index (κ3) is 4.36. The predicted molar refractivity (Wildman–Crippen MR) is 84.0 cm³/mol. The number of nitrogens with one attached hydrogen (secondary N) is 1. The number of nitrogens with zero attached hydrogens (tertiary/aromatic N) is 2. The van der Waals surface area contributed by atoms with Gasteiger partial charge in [-0.3, -0.25) is 0 Å². The molecule has 0 saturated carbocycles. The molecular weight excluding hydrogens is 258 g/mol. The van der Waals surface area contributed by atoms with Crippen molar-refractivity contribution in [3.8, 4) is 0 Å². The highest BCUT2D eigenvalue weighted by atomic mass is 35.5. The molecule has 108 valence electrons. The van der Waals surface area contributed by atoms with Crippen LogP contribution in [0.5, 0.6) is 0 Å². The molecule has 1 rings (SSSR count). The van der Waals surface area contributed by atoms with Crippen LogP contribution in [-0.2, 0) is 6.54 Å². The number of anilines is 1. The molecule has 1 N–H and O–H groups in total. The van der Waals surface area contributed by atoms with Crippen molar-refractivity contribution in [1.82, 2.24) is 10.3 Å². The quantitative estimate of drug-likeness (QED) is 0.770. The standard InChI is InChI=1S/C15H26ClN3/c1-6-10-17-11-13-12(16)8-9-14(18-13)19(5)15(3,4)7-2/h8-9,17H,6-7,10-11H2,1-5H3. The second kappa shape index (κ2) is 7.11. The van der Waals surface area contributed by atoms with Crippen molar-refractivity contribution in [2.24, 2.45) is 0 Å². The summed E-state index contributed by atoms with van der Waals surface area (Å²) in [5.41, 5.74) is 1.01. The van der Waals surface area contributed by atoms with E-state index in [0.29, 0.717) is 0 Å². The Labute approximate surface area is 122 Å². The molecule has 4 heteroatoms. The van der Waals surface area contributed by atoms with E-state index in [4.69, 9.17) is 11.6 Å². The van der Waals surface area contributed by atoms with Crippen LogP contribution in [0.1, 0.15) is 46.2 Å². The van der Waals surface area contributed by atoms with Crippen LogP contribution in [-0.4, -0.2) is 24.1 Å². The van der Waals surface area contributed by atoms with Gasteiger partial charge in [-0.15, -0.1) is 0 Å². The van der Waals surface area contributed by atoms with Gasteiger partial charge in [0.05, 0.1) is 10.7 Å². The maximum Gasteiger partial charge on any atom is 0.129 e. The molecule has 0 fully saturated rings. The van der Waals surface area contributed by atoms with E-state index < -0.39 is 0 Å². The lowest BCUT2D eigenvalue weighted by atomic mass is 10.00.